The normalized spacial score (nSPS) is 35.6. The molecule has 3 heteroatoms. The maximum Gasteiger partial charge on any atom is 0.312 e. The predicted molar refractivity (Wildman–Crippen MR) is 43.7 cm³/mol. The molecule has 2 nitrogen and oxygen atoms in total. The average molecular weight is 173 g/mol. The first kappa shape index (κ1) is 8.34. The van der Waals surface area contributed by atoms with Crippen molar-refractivity contribution in [3.8, 4) is 0 Å². The van der Waals surface area contributed by atoms with Crippen LogP contribution in [0.5, 0.6) is 0 Å². The zero-order valence-electron chi connectivity index (χ0n) is 6.12. The quantitative estimate of drug-likeness (QED) is 0.613. The van der Waals surface area contributed by atoms with Crippen LogP contribution in [-0.2, 0) is 4.79 Å². The van der Waals surface area contributed by atoms with Crippen LogP contribution in [-0.4, -0.2) is 16.0 Å². The highest BCUT2D eigenvalue weighted by Crippen LogP contribution is 2.30. The van der Waals surface area contributed by atoms with E-state index in [1.807, 2.05) is 0 Å². The Bertz CT molecular complexity index is 228. The summed E-state index contributed by atoms with van der Waals surface area (Å²) in [5.41, 5.74) is 0. The molecule has 0 bridgehead atoms. The minimum atomic E-state index is -0.886. The Kier molecular flexibility index (Phi) is 2.05. The molecule has 0 fully saturated rings. The number of halogens is 1. The van der Waals surface area contributed by atoms with E-state index < -0.39 is 16.8 Å². The predicted octanol–water partition coefficient (Wildman–Crippen LogP) is 1.81. The van der Waals surface area contributed by atoms with Gasteiger partial charge in [-0.05, 0) is 6.92 Å². The molecule has 0 spiro atoms. The van der Waals surface area contributed by atoms with Gasteiger partial charge in [0.1, 0.15) is 0 Å². The molecule has 11 heavy (non-hydrogen) atoms. The van der Waals surface area contributed by atoms with Crippen molar-refractivity contribution in [3.63, 3.8) is 0 Å². The number of carboxylic acid groups (broad SMARTS) is 1. The molecule has 1 aliphatic rings. The number of hydrogen-bond donors (Lipinski definition) is 1. The molecule has 1 aliphatic carbocycles. The Morgan fingerprint density at radius 3 is 2.64 bits per heavy atom. The number of alkyl halides is 1. The largest absolute Gasteiger partial charge is 0.481 e. The van der Waals surface area contributed by atoms with Crippen molar-refractivity contribution in [1.29, 1.82) is 0 Å². The fraction of sp³-hybridized carbons (Fsp3) is 0.375. The van der Waals surface area contributed by atoms with Crippen LogP contribution in [0.25, 0.3) is 0 Å². The van der Waals surface area contributed by atoms with Crippen LogP contribution in [0.1, 0.15) is 6.92 Å². The van der Waals surface area contributed by atoms with Gasteiger partial charge in [0.2, 0.25) is 0 Å². The van der Waals surface area contributed by atoms with Gasteiger partial charge in [-0.2, -0.15) is 0 Å². The lowest BCUT2D eigenvalue weighted by Crippen LogP contribution is -2.32. The summed E-state index contributed by atoms with van der Waals surface area (Å²) < 4.78 is 0. The molecule has 0 saturated carbocycles. The summed E-state index contributed by atoms with van der Waals surface area (Å²) in [6.45, 7) is 1.69. The average Bonchev–Trinajstić information content (AvgIpc) is 1.85. The standard InChI is InChI=1S/C8H9ClO2/c1-8(9)5-3-2-4-6(8)7(10)11/h2-6H,1H3,(H,10,11). The van der Waals surface area contributed by atoms with E-state index in [0.717, 1.165) is 0 Å². The highest BCUT2D eigenvalue weighted by atomic mass is 35.5. The van der Waals surface area contributed by atoms with Crippen molar-refractivity contribution < 1.29 is 9.90 Å². The van der Waals surface area contributed by atoms with Crippen LogP contribution >= 0.6 is 11.6 Å². The van der Waals surface area contributed by atoms with Gasteiger partial charge < -0.3 is 5.11 Å². The second-order valence-corrected chi connectivity index (χ2v) is 3.53. The van der Waals surface area contributed by atoms with Crippen molar-refractivity contribution in [2.24, 2.45) is 5.92 Å². The van der Waals surface area contributed by atoms with Crippen molar-refractivity contribution in [3.05, 3.63) is 24.3 Å². The third kappa shape index (κ3) is 1.63. The number of allylic oxidation sites excluding steroid dienone is 3. The highest BCUT2D eigenvalue weighted by Gasteiger charge is 2.34. The molecule has 0 aromatic rings. The Morgan fingerprint density at radius 1 is 1.64 bits per heavy atom. The first-order valence-corrected chi connectivity index (χ1v) is 3.69. The zero-order valence-corrected chi connectivity index (χ0v) is 6.88. The summed E-state index contributed by atoms with van der Waals surface area (Å²) in [6.07, 6.45) is 6.73. The topological polar surface area (TPSA) is 37.3 Å². The fourth-order valence-corrected chi connectivity index (χ4v) is 1.27. The van der Waals surface area contributed by atoms with Gasteiger partial charge in [-0.15, -0.1) is 11.6 Å². The molecule has 0 radical (unpaired) electrons. The Labute approximate surface area is 70.2 Å². The first-order chi connectivity index (χ1) is 5.04. The van der Waals surface area contributed by atoms with Gasteiger partial charge in [0.15, 0.2) is 0 Å². The van der Waals surface area contributed by atoms with Gasteiger partial charge in [-0.25, -0.2) is 0 Å². The Balaban J connectivity index is 2.89. The molecular weight excluding hydrogens is 164 g/mol. The Hall–Kier alpha value is -0.760. The molecule has 2 atom stereocenters. The van der Waals surface area contributed by atoms with E-state index in [1.54, 1.807) is 31.2 Å². The minimum absolute atomic E-state index is 0.617. The van der Waals surface area contributed by atoms with Crippen molar-refractivity contribution in [1.82, 2.24) is 0 Å². The lowest BCUT2D eigenvalue weighted by Gasteiger charge is -2.24. The molecule has 60 valence electrons. The van der Waals surface area contributed by atoms with E-state index in [0.29, 0.717) is 0 Å². The van der Waals surface area contributed by atoms with Crippen LogP contribution < -0.4 is 0 Å². The van der Waals surface area contributed by atoms with Gasteiger partial charge in [-0.3, -0.25) is 4.79 Å². The van der Waals surface area contributed by atoms with E-state index in [9.17, 15) is 4.79 Å². The second-order valence-electron chi connectivity index (χ2n) is 2.71. The van der Waals surface area contributed by atoms with Crippen LogP contribution in [0.3, 0.4) is 0 Å². The van der Waals surface area contributed by atoms with Crippen molar-refractivity contribution >= 4 is 17.6 Å². The lowest BCUT2D eigenvalue weighted by atomic mass is 9.89. The maximum atomic E-state index is 10.6. The van der Waals surface area contributed by atoms with Crippen molar-refractivity contribution in [2.45, 2.75) is 11.8 Å². The van der Waals surface area contributed by atoms with Crippen LogP contribution in [0.15, 0.2) is 24.3 Å². The monoisotopic (exact) mass is 172 g/mol. The third-order valence-electron chi connectivity index (χ3n) is 1.71. The number of carbonyl (C=O) groups is 1. The summed E-state index contributed by atoms with van der Waals surface area (Å²) in [7, 11) is 0. The molecule has 0 aromatic heterocycles. The summed E-state index contributed by atoms with van der Waals surface area (Å²) in [4.78, 5) is 9.82. The fourth-order valence-electron chi connectivity index (χ4n) is 1.03. The van der Waals surface area contributed by atoms with E-state index in [2.05, 4.69) is 0 Å². The van der Waals surface area contributed by atoms with E-state index in [1.165, 1.54) is 0 Å². The summed E-state index contributed by atoms with van der Waals surface area (Å²) in [6, 6.07) is 0. The number of carboxylic acids is 1. The van der Waals surface area contributed by atoms with E-state index in [4.69, 9.17) is 16.7 Å². The van der Waals surface area contributed by atoms with Gasteiger partial charge in [-0.1, -0.05) is 24.3 Å². The summed E-state index contributed by atoms with van der Waals surface area (Å²) in [5.74, 6) is -1.50. The molecule has 2 unspecified atom stereocenters. The molecule has 0 aliphatic heterocycles. The molecule has 1 rings (SSSR count). The first-order valence-electron chi connectivity index (χ1n) is 3.32. The second kappa shape index (κ2) is 2.70. The SMILES string of the molecule is CC1(Cl)C=CC=CC1C(=O)O. The van der Waals surface area contributed by atoms with E-state index >= 15 is 0 Å². The minimum Gasteiger partial charge on any atom is -0.481 e. The van der Waals surface area contributed by atoms with Gasteiger partial charge in [0, 0.05) is 0 Å². The molecular formula is C8H9ClO2. The zero-order chi connectivity index (χ0) is 8.48. The maximum absolute atomic E-state index is 10.6. The number of hydrogen-bond acceptors (Lipinski definition) is 1. The van der Waals surface area contributed by atoms with Gasteiger partial charge in [0.25, 0.3) is 0 Å². The molecule has 0 amide bonds. The summed E-state index contributed by atoms with van der Waals surface area (Å²) in [5, 5.41) is 8.70. The third-order valence-corrected chi connectivity index (χ3v) is 2.07. The van der Waals surface area contributed by atoms with E-state index in [-0.39, 0.29) is 0 Å². The molecule has 0 heterocycles. The van der Waals surface area contributed by atoms with Crippen LogP contribution in [0, 0.1) is 5.92 Å². The molecule has 1 N–H and O–H groups in total. The number of rotatable bonds is 1. The molecule has 0 aromatic carbocycles. The Morgan fingerprint density at radius 2 is 2.27 bits per heavy atom. The van der Waals surface area contributed by atoms with Gasteiger partial charge in [0.05, 0.1) is 10.8 Å². The highest BCUT2D eigenvalue weighted by molar-refractivity contribution is 6.26. The van der Waals surface area contributed by atoms with Crippen molar-refractivity contribution in [2.75, 3.05) is 0 Å². The van der Waals surface area contributed by atoms with Crippen LogP contribution in [0.4, 0.5) is 0 Å². The van der Waals surface area contributed by atoms with Gasteiger partial charge >= 0.3 is 5.97 Å². The molecule has 0 saturated heterocycles. The summed E-state index contributed by atoms with van der Waals surface area (Å²) >= 11 is 5.91. The lowest BCUT2D eigenvalue weighted by molar-refractivity contribution is -0.140. The smallest absolute Gasteiger partial charge is 0.312 e. The van der Waals surface area contributed by atoms with Crippen LogP contribution in [0.2, 0.25) is 0 Å². The number of aliphatic carboxylic acids is 1.